The largest absolute Gasteiger partial charge is 0.479 e. The quantitative estimate of drug-likeness (QED) is 0.801. The highest BCUT2D eigenvalue weighted by Gasteiger charge is 2.54. The standard InChI is InChI=1S/C13H22O3/c1-13(2)9-5-4-8(10(13)7-9)6-11(16-3)12(14)15/h8-11H,4-7H2,1-3H3,(H,14,15)/t8?,9-,10-,11?/m0/s1. The molecule has 0 amide bonds. The van der Waals surface area contributed by atoms with Crippen molar-refractivity contribution in [1.82, 2.24) is 0 Å². The number of carbonyl (C=O) groups is 1. The van der Waals surface area contributed by atoms with Crippen LogP contribution in [-0.2, 0) is 9.53 Å². The molecule has 3 aliphatic rings. The highest BCUT2D eigenvalue weighted by molar-refractivity contribution is 5.72. The zero-order valence-electron chi connectivity index (χ0n) is 10.4. The number of ether oxygens (including phenoxy) is 1. The van der Waals surface area contributed by atoms with Gasteiger partial charge in [0.05, 0.1) is 0 Å². The van der Waals surface area contributed by atoms with Gasteiger partial charge >= 0.3 is 5.97 Å². The number of hydrogen-bond acceptors (Lipinski definition) is 2. The molecule has 0 aromatic rings. The molecule has 16 heavy (non-hydrogen) atoms. The zero-order chi connectivity index (χ0) is 11.9. The van der Waals surface area contributed by atoms with Crippen molar-refractivity contribution in [3.05, 3.63) is 0 Å². The Labute approximate surface area is 97.2 Å². The highest BCUT2D eigenvalue weighted by Crippen LogP contribution is 2.62. The van der Waals surface area contributed by atoms with E-state index in [4.69, 9.17) is 9.84 Å². The van der Waals surface area contributed by atoms with E-state index < -0.39 is 12.1 Å². The van der Waals surface area contributed by atoms with Gasteiger partial charge in [-0.1, -0.05) is 13.8 Å². The van der Waals surface area contributed by atoms with Crippen molar-refractivity contribution in [2.45, 2.75) is 45.6 Å². The first-order chi connectivity index (χ1) is 7.46. The average molecular weight is 226 g/mol. The lowest BCUT2D eigenvalue weighted by atomic mass is 9.45. The fraction of sp³-hybridized carbons (Fsp3) is 0.923. The van der Waals surface area contributed by atoms with Gasteiger partial charge in [0.25, 0.3) is 0 Å². The Balaban J connectivity index is 1.98. The molecule has 2 bridgehead atoms. The fourth-order valence-electron chi connectivity index (χ4n) is 3.82. The molecule has 0 aromatic heterocycles. The van der Waals surface area contributed by atoms with E-state index in [-0.39, 0.29) is 0 Å². The maximum absolute atomic E-state index is 11.0. The van der Waals surface area contributed by atoms with Gasteiger partial charge in [-0.2, -0.15) is 0 Å². The van der Waals surface area contributed by atoms with E-state index in [0.29, 0.717) is 23.7 Å². The molecule has 4 atom stereocenters. The molecule has 0 heterocycles. The smallest absolute Gasteiger partial charge is 0.332 e. The molecule has 3 saturated carbocycles. The molecule has 0 spiro atoms. The number of aliphatic carboxylic acids is 1. The van der Waals surface area contributed by atoms with Crippen LogP contribution in [-0.4, -0.2) is 24.3 Å². The Morgan fingerprint density at radius 2 is 2.19 bits per heavy atom. The lowest BCUT2D eigenvalue weighted by Crippen LogP contribution is -2.53. The maximum Gasteiger partial charge on any atom is 0.332 e. The highest BCUT2D eigenvalue weighted by atomic mass is 16.5. The topological polar surface area (TPSA) is 46.5 Å². The SMILES string of the molecule is COC(CC1CC[C@H]2C[C@@H]1C2(C)C)C(=O)O. The van der Waals surface area contributed by atoms with Crippen LogP contribution in [0.15, 0.2) is 0 Å². The van der Waals surface area contributed by atoms with Crippen LogP contribution >= 0.6 is 0 Å². The Kier molecular flexibility index (Phi) is 2.99. The normalized spacial score (nSPS) is 37.6. The van der Waals surface area contributed by atoms with Gasteiger partial charge < -0.3 is 9.84 Å². The lowest BCUT2D eigenvalue weighted by molar-refractivity contribution is -0.155. The van der Waals surface area contributed by atoms with Gasteiger partial charge in [-0.3, -0.25) is 0 Å². The van der Waals surface area contributed by atoms with E-state index in [0.717, 1.165) is 5.92 Å². The predicted octanol–water partition coefficient (Wildman–Crippen LogP) is 2.55. The number of methoxy groups -OCH3 is 1. The molecule has 0 radical (unpaired) electrons. The van der Waals surface area contributed by atoms with Crippen LogP contribution in [0.1, 0.15) is 39.5 Å². The molecular weight excluding hydrogens is 204 g/mol. The second-order valence-electron chi connectivity index (χ2n) is 6.00. The van der Waals surface area contributed by atoms with E-state index in [1.54, 1.807) is 0 Å². The third kappa shape index (κ3) is 1.75. The summed E-state index contributed by atoms with van der Waals surface area (Å²) >= 11 is 0. The van der Waals surface area contributed by atoms with E-state index in [9.17, 15) is 4.79 Å². The monoisotopic (exact) mass is 226 g/mol. The maximum atomic E-state index is 11.0. The van der Waals surface area contributed by atoms with Crippen molar-refractivity contribution in [1.29, 1.82) is 0 Å². The molecule has 3 fully saturated rings. The Morgan fingerprint density at radius 3 is 2.62 bits per heavy atom. The van der Waals surface area contributed by atoms with Crippen LogP contribution < -0.4 is 0 Å². The van der Waals surface area contributed by atoms with Crippen LogP contribution in [0.5, 0.6) is 0 Å². The van der Waals surface area contributed by atoms with Crippen molar-refractivity contribution in [3.8, 4) is 0 Å². The summed E-state index contributed by atoms with van der Waals surface area (Å²) in [7, 11) is 1.50. The molecule has 2 unspecified atom stereocenters. The molecule has 3 nitrogen and oxygen atoms in total. The summed E-state index contributed by atoms with van der Waals surface area (Å²) in [6, 6.07) is 0. The van der Waals surface area contributed by atoms with Gasteiger partial charge in [-0.05, 0) is 48.9 Å². The summed E-state index contributed by atoms with van der Waals surface area (Å²) in [5.41, 5.74) is 0.430. The van der Waals surface area contributed by atoms with Crippen molar-refractivity contribution in [2.24, 2.45) is 23.2 Å². The Bertz CT molecular complexity index is 283. The van der Waals surface area contributed by atoms with Gasteiger partial charge in [0, 0.05) is 7.11 Å². The number of hydrogen-bond donors (Lipinski definition) is 1. The molecule has 92 valence electrons. The van der Waals surface area contributed by atoms with Gasteiger partial charge in [-0.25, -0.2) is 4.79 Å². The van der Waals surface area contributed by atoms with E-state index in [2.05, 4.69) is 13.8 Å². The minimum atomic E-state index is -0.818. The van der Waals surface area contributed by atoms with Crippen molar-refractivity contribution in [3.63, 3.8) is 0 Å². The Hall–Kier alpha value is -0.570. The average Bonchev–Trinajstić information content (AvgIpc) is 2.25. The lowest BCUT2D eigenvalue weighted by Gasteiger charge is -2.60. The Morgan fingerprint density at radius 1 is 1.50 bits per heavy atom. The van der Waals surface area contributed by atoms with Gasteiger partial charge in [0.1, 0.15) is 0 Å². The molecule has 0 saturated heterocycles. The third-order valence-corrected chi connectivity index (χ3v) is 5.08. The zero-order valence-corrected chi connectivity index (χ0v) is 10.4. The summed E-state index contributed by atoms with van der Waals surface area (Å²) in [5.74, 6) is 1.31. The van der Waals surface area contributed by atoms with Crippen molar-refractivity contribution >= 4 is 5.97 Å². The molecule has 0 aliphatic heterocycles. The summed E-state index contributed by atoms with van der Waals surface area (Å²) in [5, 5.41) is 9.01. The van der Waals surface area contributed by atoms with Gasteiger partial charge in [0.15, 0.2) is 6.10 Å². The molecule has 3 rings (SSSR count). The van der Waals surface area contributed by atoms with Gasteiger partial charge in [0.2, 0.25) is 0 Å². The summed E-state index contributed by atoms with van der Waals surface area (Å²) in [6.07, 6.45) is 3.83. The number of fused-ring (bicyclic) bond motifs is 2. The third-order valence-electron chi connectivity index (χ3n) is 5.08. The van der Waals surface area contributed by atoms with Crippen molar-refractivity contribution < 1.29 is 14.6 Å². The van der Waals surface area contributed by atoms with E-state index >= 15 is 0 Å². The van der Waals surface area contributed by atoms with E-state index in [1.165, 1.54) is 26.4 Å². The number of rotatable bonds is 4. The van der Waals surface area contributed by atoms with Gasteiger partial charge in [-0.15, -0.1) is 0 Å². The molecular formula is C13H22O3. The molecule has 1 N–H and O–H groups in total. The van der Waals surface area contributed by atoms with E-state index in [1.807, 2.05) is 0 Å². The fourth-order valence-corrected chi connectivity index (χ4v) is 3.82. The minimum absolute atomic E-state index is 0.430. The van der Waals surface area contributed by atoms with Crippen LogP contribution in [0, 0.1) is 23.2 Å². The minimum Gasteiger partial charge on any atom is -0.479 e. The van der Waals surface area contributed by atoms with Crippen molar-refractivity contribution in [2.75, 3.05) is 7.11 Å². The molecule has 3 heteroatoms. The number of carboxylic acids is 1. The summed E-state index contributed by atoms with van der Waals surface area (Å²) in [6.45, 7) is 4.67. The first kappa shape index (κ1) is 11.9. The van der Waals surface area contributed by atoms with Crippen LogP contribution in [0.2, 0.25) is 0 Å². The molecule has 3 aliphatic carbocycles. The van der Waals surface area contributed by atoms with Crippen LogP contribution in [0.4, 0.5) is 0 Å². The first-order valence-electron chi connectivity index (χ1n) is 6.22. The summed E-state index contributed by atoms with van der Waals surface area (Å²) < 4.78 is 5.05. The second kappa shape index (κ2) is 4.02. The molecule has 0 aromatic carbocycles. The summed E-state index contributed by atoms with van der Waals surface area (Å²) in [4.78, 5) is 11.0. The number of carboxylic acid groups (broad SMARTS) is 1. The predicted molar refractivity (Wildman–Crippen MR) is 61.2 cm³/mol. The van der Waals surface area contributed by atoms with Crippen LogP contribution in [0.25, 0.3) is 0 Å². The second-order valence-corrected chi connectivity index (χ2v) is 6.00. The van der Waals surface area contributed by atoms with Crippen LogP contribution in [0.3, 0.4) is 0 Å². The first-order valence-corrected chi connectivity index (χ1v) is 6.22.